The first-order valence-electron chi connectivity index (χ1n) is 11.4. The van der Waals surface area contributed by atoms with E-state index < -0.39 is 18.5 Å². The Hall–Kier alpha value is -3.20. The molecule has 0 radical (unpaired) electrons. The molecule has 1 atom stereocenters. The standard InChI is InChI=1S/C28H29NO2.BH3O3/c1-27(2,30)28(3,31)20-21-16-18-24(19-17-21)29(23-12-5-4-6-13-23)26-15-9-11-22-10-7-8-14-25(22)26;2-1(3)4/h4-19,30-31H,20H2,1-3H3;2-4H. The van der Waals surface area contributed by atoms with Gasteiger partial charge in [-0.05, 0) is 62.1 Å². The van der Waals surface area contributed by atoms with Crippen molar-refractivity contribution in [1.82, 2.24) is 0 Å². The number of nitrogens with zero attached hydrogens (tertiary/aromatic N) is 1. The van der Waals surface area contributed by atoms with Crippen LogP contribution in [0.2, 0.25) is 0 Å². The molecule has 5 N–H and O–H groups in total. The van der Waals surface area contributed by atoms with Crippen LogP contribution in [0.3, 0.4) is 0 Å². The van der Waals surface area contributed by atoms with E-state index in [0.717, 1.165) is 22.6 Å². The molecule has 4 aromatic carbocycles. The van der Waals surface area contributed by atoms with Crippen molar-refractivity contribution in [2.24, 2.45) is 0 Å². The van der Waals surface area contributed by atoms with Crippen molar-refractivity contribution in [3.05, 3.63) is 103 Å². The molecule has 182 valence electrons. The fraction of sp³-hybridized carbons (Fsp3) is 0.214. The summed E-state index contributed by atoms with van der Waals surface area (Å²) >= 11 is 0. The van der Waals surface area contributed by atoms with Crippen LogP contribution in [0.5, 0.6) is 0 Å². The molecule has 0 bridgehead atoms. The zero-order valence-electron chi connectivity index (χ0n) is 20.2. The number of hydrogen-bond acceptors (Lipinski definition) is 6. The summed E-state index contributed by atoms with van der Waals surface area (Å²) in [6.45, 7) is 4.95. The van der Waals surface area contributed by atoms with Crippen molar-refractivity contribution in [3.8, 4) is 0 Å². The van der Waals surface area contributed by atoms with Crippen LogP contribution in [0, 0.1) is 0 Å². The highest BCUT2D eigenvalue weighted by Crippen LogP contribution is 2.39. The molecule has 0 aliphatic heterocycles. The van der Waals surface area contributed by atoms with Crippen molar-refractivity contribution in [2.45, 2.75) is 38.4 Å². The summed E-state index contributed by atoms with van der Waals surface area (Å²) in [7, 11) is -2.17. The third kappa shape index (κ3) is 6.69. The highest BCUT2D eigenvalue weighted by molar-refractivity contribution is 6.30. The molecule has 0 aliphatic rings. The monoisotopic (exact) mass is 473 g/mol. The summed E-state index contributed by atoms with van der Waals surface area (Å²) in [5, 5.41) is 44.9. The Morgan fingerprint density at radius 3 is 1.77 bits per heavy atom. The highest BCUT2D eigenvalue weighted by atomic mass is 16.5. The first kappa shape index (κ1) is 26.4. The summed E-state index contributed by atoms with van der Waals surface area (Å²) in [4.78, 5) is 2.25. The van der Waals surface area contributed by atoms with Crippen molar-refractivity contribution in [1.29, 1.82) is 0 Å². The predicted octanol–water partition coefficient (Wildman–Crippen LogP) is 4.32. The lowest BCUT2D eigenvalue weighted by atomic mass is 9.82. The Kier molecular flexibility index (Phi) is 8.32. The number of fused-ring (bicyclic) bond motifs is 1. The van der Waals surface area contributed by atoms with E-state index in [0.29, 0.717) is 6.42 Å². The Labute approximate surface area is 206 Å². The number of aliphatic hydroxyl groups is 2. The zero-order chi connectivity index (χ0) is 25.6. The first-order chi connectivity index (χ1) is 16.5. The summed E-state index contributed by atoms with van der Waals surface area (Å²) < 4.78 is 0. The smallest absolute Gasteiger partial charge is 0.402 e. The molecule has 0 saturated heterocycles. The van der Waals surface area contributed by atoms with E-state index in [-0.39, 0.29) is 0 Å². The van der Waals surface area contributed by atoms with E-state index in [1.165, 1.54) is 10.8 Å². The fourth-order valence-electron chi connectivity index (χ4n) is 3.78. The predicted molar refractivity (Wildman–Crippen MR) is 142 cm³/mol. The molecular formula is C28H32BNO5. The molecule has 0 saturated carbocycles. The van der Waals surface area contributed by atoms with Crippen LogP contribution in [0.1, 0.15) is 26.3 Å². The Bertz CT molecular complexity index is 1210. The van der Waals surface area contributed by atoms with Gasteiger partial charge < -0.3 is 30.2 Å². The lowest BCUT2D eigenvalue weighted by Gasteiger charge is -2.36. The van der Waals surface area contributed by atoms with Crippen molar-refractivity contribution in [3.63, 3.8) is 0 Å². The van der Waals surface area contributed by atoms with Crippen LogP contribution >= 0.6 is 0 Å². The van der Waals surface area contributed by atoms with E-state index >= 15 is 0 Å². The van der Waals surface area contributed by atoms with Gasteiger partial charge in [-0.15, -0.1) is 0 Å². The molecule has 1 unspecified atom stereocenters. The third-order valence-corrected chi connectivity index (χ3v) is 6.08. The minimum Gasteiger partial charge on any atom is -0.402 e. The first-order valence-corrected chi connectivity index (χ1v) is 11.4. The molecule has 0 aliphatic carbocycles. The maximum atomic E-state index is 10.7. The molecule has 4 rings (SSSR count). The normalized spacial score (nSPS) is 12.9. The van der Waals surface area contributed by atoms with Gasteiger partial charge in [0.05, 0.1) is 16.9 Å². The van der Waals surface area contributed by atoms with Crippen LogP contribution < -0.4 is 4.90 Å². The summed E-state index contributed by atoms with van der Waals surface area (Å²) in [5.74, 6) is 0. The molecule has 0 spiro atoms. The van der Waals surface area contributed by atoms with E-state index in [1.807, 2.05) is 30.3 Å². The van der Waals surface area contributed by atoms with Crippen LogP contribution in [0.4, 0.5) is 17.1 Å². The van der Waals surface area contributed by atoms with Crippen LogP contribution in [-0.4, -0.2) is 43.8 Å². The van der Waals surface area contributed by atoms with Gasteiger partial charge in [-0.25, -0.2) is 0 Å². The van der Waals surface area contributed by atoms with Gasteiger partial charge >= 0.3 is 7.32 Å². The van der Waals surface area contributed by atoms with Gasteiger partial charge in [-0.3, -0.25) is 0 Å². The van der Waals surface area contributed by atoms with Gasteiger partial charge in [0.1, 0.15) is 0 Å². The zero-order valence-corrected chi connectivity index (χ0v) is 20.2. The Balaban J connectivity index is 0.000000795. The molecular weight excluding hydrogens is 441 g/mol. The van der Waals surface area contributed by atoms with Gasteiger partial charge in [0.25, 0.3) is 0 Å². The largest absolute Gasteiger partial charge is 0.631 e. The Morgan fingerprint density at radius 2 is 1.17 bits per heavy atom. The lowest BCUT2D eigenvalue weighted by Crippen LogP contribution is -2.49. The molecule has 0 heterocycles. The number of para-hydroxylation sites is 1. The quantitative estimate of drug-likeness (QED) is 0.267. The third-order valence-electron chi connectivity index (χ3n) is 6.08. The van der Waals surface area contributed by atoms with Crippen LogP contribution in [0.15, 0.2) is 97.1 Å². The molecule has 35 heavy (non-hydrogen) atoms. The minimum atomic E-state index is -2.17. The average Bonchev–Trinajstić information content (AvgIpc) is 2.80. The second-order valence-electron chi connectivity index (χ2n) is 9.19. The lowest BCUT2D eigenvalue weighted by molar-refractivity contribution is -0.118. The summed E-state index contributed by atoms with van der Waals surface area (Å²) in [6, 6.07) is 33.3. The van der Waals surface area contributed by atoms with Gasteiger partial charge in [0.2, 0.25) is 0 Å². The van der Waals surface area contributed by atoms with E-state index in [9.17, 15) is 10.2 Å². The average molecular weight is 473 g/mol. The molecule has 7 heteroatoms. The molecule has 0 aromatic heterocycles. The SMILES string of the molecule is CC(C)(O)C(C)(O)Cc1ccc(N(c2ccccc2)c2cccc3ccccc23)cc1.OB(O)O. The maximum absolute atomic E-state index is 10.7. The van der Waals surface area contributed by atoms with Gasteiger partial charge in [0, 0.05) is 23.2 Å². The van der Waals surface area contributed by atoms with Gasteiger partial charge in [-0.1, -0.05) is 66.7 Å². The van der Waals surface area contributed by atoms with Gasteiger partial charge in [0.15, 0.2) is 0 Å². The number of rotatable bonds is 6. The van der Waals surface area contributed by atoms with Crippen molar-refractivity contribution >= 4 is 35.2 Å². The number of hydrogen-bond donors (Lipinski definition) is 5. The summed E-state index contributed by atoms with van der Waals surface area (Å²) in [6.07, 6.45) is 0.371. The van der Waals surface area contributed by atoms with E-state index in [4.69, 9.17) is 15.1 Å². The second kappa shape index (κ2) is 11.0. The van der Waals surface area contributed by atoms with Gasteiger partial charge in [-0.2, -0.15) is 0 Å². The molecule has 0 fully saturated rings. The van der Waals surface area contributed by atoms with E-state index in [2.05, 4.69) is 71.6 Å². The maximum Gasteiger partial charge on any atom is 0.631 e. The van der Waals surface area contributed by atoms with Crippen molar-refractivity contribution in [2.75, 3.05) is 4.90 Å². The van der Waals surface area contributed by atoms with Crippen LogP contribution in [0.25, 0.3) is 10.8 Å². The minimum absolute atomic E-state index is 0.371. The fourth-order valence-corrected chi connectivity index (χ4v) is 3.78. The number of benzene rings is 4. The number of anilines is 3. The molecule has 4 aromatic rings. The topological polar surface area (TPSA) is 104 Å². The summed E-state index contributed by atoms with van der Waals surface area (Å²) in [5.41, 5.74) is 1.79. The van der Waals surface area contributed by atoms with Crippen molar-refractivity contribution < 1.29 is 25.3 Å². The highest BCUT2D eigenvalue weighted by Gasteiger charge is 2.37. The molecule has 6 nitrogen and oxygen atoms in total. The van der Waals surface area contributed by atoms with Crippen LogP contribution in [-0.2, 0) is 6.42 Å². The van der Waals surface area contributed by atoms with E-state index in [1.54, 1.807) is 20.8 Å². The Morgan fingerprint density at radius 1 is 0.657 bits per heavy atom. The molecule has 0 amide bonds. The second-order valence-corrected chi connectivity index (χ2v) is 9.19.